The van der Waals surface area contributed by atoms with Crippen LogP contribution in [0.25, 0.3) is 10.8 Å². The monoisotopic (exact) mass is 215 g/mol. The van der Waals surface area contributed by atoms with Crippen molar-refractivity contribution in [3.63, 3.8) is 0 Å². The molecule has 0 atom stereocenters. The van der Waals surface area contributed by atoms with Crippen molar-refractivity contribution in [1.29, 1.82) is 0 Å². The zero-order valence-corrected chi connectivity index (χ0v) is 9.28. The lowest BCUT2D eigenvalue weighted by Crippen LogP contribution is -2.07. The van der Waals surface area contributed by atoms with Gasteiger partial charge in [-0.25, -0.2) is 0 Å². The molecule has 2 aromatic carbocycles. The number of hydrogen-bond donors (Lipinski definition) is 1. The summed E-state index contributed by atoms with van der Waals surface area (Å²) in [5, 5.41) is 4.92. The molecular formula is C13H13NO2. The second-order valence-corrected chi connectivity index (χ2v) is 3.58. The van der Waals surface area contributed by atoms with Crippen molar-refractivity contribution < 1.29 is 9.53 Å². The van der Waals surface area contributed by atoms with Crippen LogP contribution in [0.1, 0.15) is 6.92 Å². The first-order chi connectivity index (χ1) is 7.70. The molecule has 0 fully saturated rings. The normalized spacial score (nSPS) is 10.1. The highest BCUT2D eigenvalue weighted by Crippen LogP contribution is 2.30. The molecule has 0 aliphatic rings. The molecule has 1 amide bonds. The van der Waals surface area contributed by atoms with Crippen LogP contribution in [0.15, 0.2) is 36.4 Å². The molecule has 0 aromatic heterocycles. The molecule has 16 heavy (non-hydrogen) atoms. The number of hydrogen-bond acceptors (Lipinski definition) is 2. The molecule has 2 rings (SSSR count). The largest absolute Gasteiger partial charge is 0.495 e. The van der Waals surface area contributed by atoms with Crippen LogP contribution in [0.4, 0.5) is 5.69 Å². The van der Waals surface area contributed by atoms with Crippen molar-refractivity contribution >= 4 is 22.4 Å². The fourth-order valence-electron chi connectivity index (χ4n) is 1.68. The number of nitrogens with one attached hydrogen (secondary N) is 1. The highest BCUT2D eigenvalue weighted by molar-refractivity contribution is 5.95. The Hall–Kier alpha value is -2.03. The maximum absolute atomic E-state index is 11.1. The molecule has 0 bridgehead atoms. The van der Waals surface area contributed by atoms with Crippen molar-refractivity contribution in [2.45, 2.75) is 6.92 Å². The maximum Gasteiger partial charge on any atom is 0.221 e. The SMILES string of the molecule is COc1cc2ccccc2cc1NC(C)=O. The number of benzene rings is 2. The lowest BCUT2D eigenvalue weighted by atomic mass is 10.1. The predicted octanol–water partition coefficient (Wildman–Crippen LogP) is 2.81. The van der Waals surface area contributed by atoms with E-state index in [1.165, 1.54) is 6.92 Å². The number of amides is 1. The van der Waals surface area contributed by atoms with Gasteiger partial charge in [0, 0.05) is 6.92 Å². The van der Waals surface area contributed by atoms with Crippen LogP contribution in [0, 0.1) is 0 Å². The first kappa shape index (κ1) is 10.5. The second-order valence-electron chi connectivity index (χ2n) is 3.58. The van der Waals surface area contributed by atoms with Gasteiger partial charge in [0.05, 0.1) is 12.8 Å². The van der Waals surface area contributed by atoms with Gasteiger partial charge in [-0.2, -0.15) is 0 Å². The maximum atomic E-state index is 11.1. The van der Waals surface area contributed by atoms with E-state index in [1.54, 1.807) is 7.11 Å². The van der Waals surface area contributed by atoms with E-state index >= 15 is 0 Å². The van der Waals surface area contributed by atoms with Crippen LogP contribution in [0.5, 0.6) is 5.75 Å². The fraction of sp³-hybridized carbons (Fsp3) is 0.154. The summed E-state index contributed by atoms with van der Waals surface area (Å²) < 4.78 is 5.24. The number of carbonyl (C=O) groups is 1. The second kappa shape index (κ2) is 4.23. The van der Waals surface area contributed by atoms with E-state index in [0.29, 0.717) is 11.4 Å². The summed E-state index contributed by atoms with van der Waals surface area (Å²) in [4.78, 5) is 11.1. The quantitative estimate of drug-likeness (QED) is 0.836. The van der Waals surface area contributed by atoms with Crippen LogP contribution in [0.2, 0.25) is 0 Å². The Kier molecular flexibility index (Phi) is 2.77. The number of methoxy groups -OCH3 is 1. The van der Waals surface area contributed by atoms with Crippen LogP contribution >= 0.6 is 0 Å². The number of ether oxygens (including phenoxy) is 1. The number of fused-ring (bicyclic) bond motifs is 1. The minimum absolute atomic E-state index is 0.103. The summed E-state index contributed by atoms with van der Waals surface area (Å²) in [7, 11) is 1.59. The minimum atomic E-state index is -0.103. The Labute approximate surface area is 94.0 Å². The third-order valence-electron chi connectivity index (χ3n) is 2.38. The van der Waals surface area contributed by atoms with Gasteiger partial charge in [-0.15, -0.1) is 0 Å². The van der Waals surface area contributed by atoms with E-state index in [1.807, 2.05) is 36.4 Å². The van der Waals surface area contributed by atoms with E-state index in [0.717, 1.165) is 10.8 Å². The fourth-order valence-corrected chi connectivity index (χ4v) is 1.68. The number of anilines is 1. The van der Waals surface area contributed by atoms with Crippen molar-refractivity contribution in [1.82, 2.24) is 0 Å². The summed E-state index contributed by atoms with van der Waals surface area (Å²) >= 11 is 0. The molecule has 0 aliphatic carbocycles. The summed E-state index contributed by atoms with van der Waals surface area (Å²) in [6, 6.07) is 11.8. The first-order valence-electron chi connectivity index (χ1n) is 5.05. The summed E-state index contributed by atoms with van der Waals surface area (Å²) in [6.45, 7) is 1.48. The molecule has 0 heterocycles. The molecular weight excluding hydrogens is 202 g/mol. The molecule has 0 saturated heterocycles. The molecule has 0 saturated carbocycles. The zero-order chi connectivity index (χ0) is 11.5. The molecule has 1 N–H and O–H groups in total. The Balaban J connectivity index is 2.58. The Morgan fingerprint density at radius 3 is 2.38 bits per heavy atom. The molecule has 2 aromatic rings. The zero-order valence-electron chi connectivity index (χ0n) is 9.28. The van der Waals surface area contributed by atoms with Crippen LogP contribution in [-0.2, 0) is 4.79 Å². The van der Waals surface area contributed by atoms with Crippen LogP contribution in [-0.4, -0.2) is 13.0 Å². The van der Waals surface area contributed by atoms with E-state index in [2.05, 4.69) is 5.32 Å². The molecule has 0 radical (unpaired) electrons. The highest BCUT2D eigenvalue weighted by atomic mass is 16.5. The Morgan fingerprint density at radius 1 is 1.19 bits per heavy atom. The molecule has 82 valence electrons. The smallest absolute Gasteiger partial charge is 0.221 e. The lowest BCUT2D eigenvalue weighted by Gasteiger charge is -2.10. The molecule has 0 spiro atoms. The van der Waals surface area contributed by atoms with E-state index in [-0.39, 0.29) is 5.91 Å². The van der Waals surface area contributed by atoms with Crippen LogP contribution < -0.4 is 10.1 Å². The van der Waals surface area contributed by atoms with Gasteiger partial charge >= 0.3 is 0 Å². The molecule has 0 aliphatic heterocycles. The molecule has 3 nitrogen and oxygen atoms in total. The number of carbonyl (C=O) groups excluding carboxylic acids is 1. The minimum Gasteiger partial charge on any atom is -0.495 e. The summed E-state index contributed by atoms with van der Waals surface area (Å²) in [5.74, 6) is 0.572. The van der Waals surface area contributed by atoms with Crippen molar-refractivity contribution in [3.8, 4) is 5.75 Å². The third kappa shape index (κ3) is 1.98. The van der Waals surface area contributed by atoms with Gasteiger partial charge in [0.25, 0.3) is 0 Å². The Morgan fingerprint density at radius 2 is 1.81 bits per heavy atom. The summed E-state index contributed by atoms with van der Waals surface area (Å²) in [6.07, 6.45) is 0. The average Bonchev–Trinajstić information content (AvgIpc) is 2.27. The third-order valence-corrected chi connectivity index (χ3v) is 2.38. The van der Waals surface area contributed by atoms with Gasteiger partial charge in [0.1, 0.15) is 5.75 Å². The highest BCUT2D eigenvalue weighted by Gasteiger charge is 2.06. The topological polar surface area (TPSA) is 38.3 Å². The van der Waals surface area contributed by atoms with Gasteiger partial charge < -0.3 is 10.1 Å². The van der Waals surface area contributed by atoms with Crippen molar-refractivity contribution in [3.05, 3.63) is 36.4 Å². The predicted molar refractivity (Wildman–Crippen MR) is 64.8 cm³/mol. The molecule has 0 unspecified atom stereocenters. The van der Waals surface area contributed by atoms with E-state index in [9.17, 15) is 4.79 Å². The summed E-state index contributed by atoms with van der Waals surface area (Å²) in [5.41, 5.74) is 0.703. The van der Waals surface area contributed by atoms with Gasteiger partial charge in [0.2, 0.25) is 5.91 Å². The van der Waals surface area contributed by atoms with Crippen molar-refractivity contribution in [2.75, 3.05) is 12.4 Å². The van der Waals surface area contributed by atoms with Crippen LogP contribution in [0.3, 0.4) is 0 Å². The lowest BCUT2D eigenvalue weighted by molar-refractivity contribution is -0.114. The van der Waals surface area contributed by atoms with Crippen molar-refractivity contribution in [2.24, 2.45) is 0 Å². The first-order valence-corrected chi connectivity index (χ1v) is 5.05. The average molecular weight is 215 g/mol. The standard InChI is InChI=1S/C13H13NO2/c1-9(15)14-12-7-10-5-3-4-6-11(10)8-13(12)16-2/h3-8H,1-2H3,(H,14,15). The van der Waals surface area contributed by atoms with Gasteiger partial charge in [-0.3, -0.25) is 4.79 Å². The van der Waals surface area contributed by atoms with E-state index in [4.69, 9.17) is 4.74 Å². The van der Waals surface area contributed by atoms with E-state index < -0.39 is 0 Å². The Bertz CT molecular complexity index is 534. The van der Waals surface area contributed by atoms with Gasteiger partial charge in [0.15, 0.2) is 0 Å². The number of rotatable bonds is 2. The molecule has 3 heteroatoms. The van der Waals surface area contributed by atoms with Gasteiger partial charge in [-0.1, -0.05) is 24.3 Å². The van der Waals surface area contributed by atoms with Gasteiger partial charge in [-0.05, 0) is 22.9 Å².